The Morgan fingerprint density at radius 3 is 1.89 bits per heavy atom. The second kappa shape index (κ2) is 8.93. The minimum atomic E-state index is -3.87. The van der Waals surface area contributed by atoms with Crippen LogP contribution >= 0.6 is 0 Å². The molecule has 0 N–H and O–H groups in total. The number of benzene rings is 3. The Morgan fingerprint density at radius 2 is 1.26 bits per heavy atom. The molecule has 0 amide bonds. The quantitative estimate of drug-likeness (QED) is 0.388. The number of hydrogen-bond acceptors (Lipinski definition) is 4. The molecule has 1 aromatic heterocycles. The van der Waals surface area contributed by atoms with Crippen molar-refractivity contribution in [3.05, 3.63) is 95.2 Å². The number of aromatic nitrogens is 1. The molecule has 0 radical (unpaired) electrons. The molecule has 1 aliphatic rings. The zero-order valence-corrected chi connectivity index (χ0v) is 21.4. The molecule has 8 heteroatoms. The fourth-order valence-corrected chi connectivity index (χ4v) is 7.80. The number of fused-ring (bicyclic) bond motifs is 3. The first-order chi connectivity index (χ1) is 16.7. The molecular weight excluding hydrogens is 480 g/mol. The molecule has 0 atom stereocenters. The molecule has 1 aliphatic heterocycles. The van der Waals surface area contributed by atoms with Gasteiger partial charge in [0.15, 0.2) is 0 Å². The third-order valence-electron chi connectivity index (χ3n) is 6.66. The first-order valence-electron chi connectivity index (χ1n) is 11.7. The van der Waals surface area contributed by atoms with Gasteiger partial charge in [-0.3, -0.25) is 0 Å². The van der Waals surface area contributed by atoms with Crippen LogP contribution in [-0.4, -0.2) is 31.7 Å². The lowest BCUT2D eigenvalue weighted by Crippen LogP contribution is -2.33. The molecule has 182 valence electrons. The molecule has 0 spiro atoms. The SMILES string of the molecule is Cc1ccc(S(=O)(=O)N2CCCCc3c(c4ccccc4n3S(=O)(=O)c3ccc(C)cc3)C2)cc1. The number of nitrogens with zero attached hydrogens (tertiary/aromatic N) is 2. The largest absolute Gasteiger partial charge is 0.268 e. The lowest BCUT2D eigenvalue weighted by Gasteiger charge is -2.25. The fraction of sp³-hybridized carbons (Fsp3) is 0.259. The molecule has 2 heterocycles. The van der Waals surface area contributed by atoms with Crippen LogP contribution in [0.1, 0.15) is 35.2 Å². The lowest BCUT2D eigenvalue weighted by atomic mass is 10.0. The summed E-state index contributed by atoms with van der Waals surface area (Å²) >= 11 is 0. The lowest BCUT2D eigenvalue weighted by molar-refractivity contribution is 0.386. The van der Waals surface area contributed by atoms with Gasteiger partial charge in [-0.1, -0.05) is 53.6 Å². The van der Waals surface area contributed by atoms with Crippen LogP contribution in [0, 0.1) is 13.8 Å². The van der Waals surface area contributed by atoms with E-state index in [9.17, 15) is 16.8 Å². The van der Waals surface area contributed by atoms with Crippen LogP contribution in [0.3, 0.4) is 0 Å². The summed E-state index contributed by atoms with van der Waals surface area (Å²) < 4.78 is 57.8. The van der Waals surface area contributed by atoms with Gasteiger partial charge in [0, 0.05) is 24.2 Å². The number of aryl methyl sites for hydroxylation is 2. The second-order valence-electron chi connectivity index (χ2n) is 9.13. The first-order valence-corrected chi connectivity index (χ1v) is 14.6. The van der Waals surface area contributed by atoms with Crippen molar-refractivity contribution in [3.8, 4) is 0 Å². The van der Waals surface area contributed by atoms with Gasteiger partial charge in [0.1, 0.15) is 0 Å². The Morgan fingerprint density at radius 1 is 0.686 bits per heavy atom. The van der Waals surface area contributed by atoms with Gasteiger partial charge in [-0.05, 0) is 69.0 Å². The minimum absolute atomic E-state index is 0.127. The van der Waals surface area contributed by atoms with Crippen molar-refractivity contribution < 1.29 is 16.8 Å². The maximum atomic E-state index is 13.9. The molecule has 5 rings (SSSR count). The van der Waals surface area contributed by atoms with Crippen molar-refractivity contribution in [1.82, 2.24) is 8.28 Å². The van der Waals surface area contributed by atoms with Gasteiger partial charge in [-0.2, -0.15) is 4.31 Å². The van der Waals surface area contributed by atoms with Crippen molar-refractivity contribution in [1.29, 1.82) is 0 Å². The summed E-state index contributed by atoms with van der Waals surface area (Å²) in [4.78, 5) is 0.471. The summed E-state index contributed by atoms with van der Waals surface area (Å²) in [6.45, 7) is 4.35. The topological polar surface area (TPSA) is 76.5 Å². The zero-order chi connectivity index (χ0) is 24.8. The van der Waals surface area contributed by atoms with Gasteiger partial charge in [-0.15, -0.1) is 0 Å². The summed E-state index contributed by atoms with van der Waals surface area (Å²) in [5, 5.41) is 0.768. The van der Waals surface area contributed by atoms with E-state index in [2.05, 4.69) is 0 Å². The van der Waals surface area contributed by atoms with E-state index in [4.69, 9.17) is 0 Å². The standard InChI is InChI=1S/C27H28N2O4S2/c1-20-10-14-22(15-11-20)34(30,31)28-18-6-5-9-27-25(19-28)24-7-3-4-8-26(24)29(27)35(32,33)23-16-12-21(2)13-17-23/h3-4,7-8,10-17H,5-6,9,18-19H2,1-2H3. The highest BCUT2D eigenvalue weighted by Gasteiger charge is 2.32. The maximum absolute atomic E-state index is 13.9. The van der Waals surface area contributed by atoms with Crippen LogP contribution in [-0.2, 0) is 33.0 Å². The first kappa shape index (κ1) is 23.8. The van der Waals surface area contributed by atoms with E-state index in [1.165, 1.54) is 8.28 Å². The molecule has 35 heavy (non-hydrogen) atoms. The second-order valence-corrected chi connectivity index (χ2v) is 12.9. The van der Waals surface area contributed by atoms with Gasteiger partial charge >= 0.3 is 0 Å². The number of para-hydroxylation sites is 1. The van der Waals surface area contributed by atoms with E-state index in [0.29, 0.717) is 37.0 Å². The van der Waals surface area contributed by atoms with E-state index >= 15 is 0 Å². The smallest absolute Gasteiger partial charge is 0.238 e. The molecular formula is C27H28N2O4S2. The van der Waals surface area contributed by atoms with Crippen molar-refractivity contribution in [2.45, 2.75) is 49.4 Å². The Balaban J connectivity index is 1.68. The predicted molar refractivity (Wildman–Crippen MR) is 137 cm³/mol. The molecule has 6 nitrogen and oxygen atoms in total. The van der Waals surface area contributed by atoms with E-state index in [0.717, 1.165) is 22.1 Å². The monoisotopic (exact) mass is 508 g/mol. The van der Waals surface area contributed by atoms with E-state index < -0.39 is 20.0 Å². The molecule has 0 unspecified atom stereocenters. The van der Waals surface area contributed by atoms with Crippen LogP contribution < -0.4 is 0 Å². The highest BCUT2D eigenvalue weighted by Crippen LogP contribution is 2.35. The Kier molecular flexibility index (Phi) is 6.07. The van der Waals surface area contributed by atoms with Gasteiger partial charge in [0.2, 0.25) is 10.0 Å². The third kappa shape index (κ3) is 4.20. The van der Waals surface area contributed by atoms with Crippen molar-refractivity contribution in [2.75, 3.05) is 6.54 Å². The Labute approximate surface area is 206 Å². The van der Waals surface area contributed by atoms with E-state index in [-0.39, 0.29) is 16.3 Å². The van der Waals surface area contributed by atoms with Crippen molar-refractivity contribution in [3.63, 3.8) is 0 Å². The zero-order valence-electron chi connectivity index (χ0n) is 19.8. The highest BCUT2D eigenvalue weighted by atomic mass is 32.2. The molecule has 0 fully saturated rings. The average Bonchev–Trinajstić information content (AvgIpc) is 3.12. The predicted octanol–water partition coefficient (Wildman–Crippen LogP) is 5.02. The Bertz CT molecular complexity index is 1600. The maximum Gasteiger partial charge on any atom is 0.268 e. The number of sulfonamides is 1. The summed E-state index contributed by atoms with van der Waals surface area (Å²) in [6, 6.07) is 21.1. The number of hydrogen-bond donors (Lipinski definition) is 0. The molecule has 0 bridgehead atoms. The van der Waals surface area contributed by atoms with Crippen molar-refractivity contribution >= 4 is 30.9 Å². The van der Waals surface area contributed by atoms with Gasteiger partial charge in [0.05, 0.1) is 15.3 Å². The number of rotatable bonds is 4. The van der Waals surface area contributed by atoms with Gasteiger partial charge in [0.25, 0.3) is 10.0 Å². The molecule has 0 aliphatic carbocycles. The van der Waals surface area contributed by atoms with Crippen LogP contribution in [0.2, 0.25) is 0 Å². The molecule has 4 aromatic rings. The summed E-state index contributed by atoms with van der Waals surface area (Å²) in [5.74, 6) is 0. The van der Waals surface area contributed by atoms with Crippen LogP contribution in [0.5, 0.6) is 0 Å². The molecule has 0 saturated heterocycles. The minimum Gasteiger partial charge on any atom is -0.238 e. The fourth-order valence-electron chi connectivity index (χ4n) is 4.75. The van der Waals surface area contributed by atoms with Crippen LogP contribution in [0.4, 0.5) is 0 Å². The van der Waals surface area contributed by atoms with Gasteiger partial charge in [-0.25, -0.2) is 20.8 Å². The Hall–Kier alpha value is -2.94. The summed E-state index contributed by atoms with van der Waals surface area (Å²) in [6.07, 6.45) is 1.90. The third-order valence-corrected chi connectivity index (χ3v) is 10.3. The van der Waals surface area contributed by atoms with E-state index in [1.807, 2.05) is 32.0 Å². The van der Waals surface area contributed by atoms with Crippen molar-refractivity contribution in [2.24, 2.45) is 0 Å². The summed E-state index contributed by atoms with van der Waals surface area (Å²) in [5.41, 5.74) is 3.96. The highest BCUT2D eigenvalue weighted by molar-refractivity contribution is 7.90. The molecule has 3 aromatic carbocycles. The summed E-state index contributed by atoms with van der Waals surface area (Å²) in [7, 11) is -7.61. The van der Waals surface area contributed by atoms with Crippen LogP contribution in [0.25, 0.3) is 10.9 Å². The molecule has 0 saturated carbocycles. The van der Waals surface area contributed by atoms with Crippen LogP contribution in [0.15, 0.2) is 82.6 Å². The van der Waals surface area contributed by atoms with Gasteiger partial charge < -0.3 is 0 Å². The normalized spacial score (nSPS) is 15.5. The van der Waals surface area contributed by atoms with E-state index in [1.54, 1.807) is 54.6 Å². The average molecular weight is 509 g/mol.